The van der Waals surface area contributed by atoms with Crippen molar-refractivity contribution in [2.24, 2.45) is 0 Å². The quantitative estimate of drug-likeness (QED) is 0.664. The zero-order valence-electron chi connectivity index (χ0n) is 12.2. The lowest BCUT2D eigenvalue weighted by molar-refractivity contribution is 0.102. The third kappa shape index (κ3) is 2.51. The number of H-pyrrole nitrogens is 1. The molecule has 0 unspecified atom stereocenters. The van der Waals surface area contributed by atoms with Crippen LogP contribution in [0.5, 0.6) is 0 Å². The number of rotatable bonds is 2. The number of aromatic amines is 1. The maximum Gasteiger partial charge on any atom is 0.417 e. The van der Waals surface area contributed by atoms with Crippen molar-refractivity contribution in [1.82, 2.24) is 15.3 Å². The fraction of sp³-hybridized carbons (Fsp3) is 0.188. The number of carbonyl (C=O) groups excluding carboxylic acids is 1. The Morgan fingerprint density at radius 3 is 3.13 bits per heavy atom. The lowest BCUT2D eigenvalue weighted by atomic mass is 9.98. The van der Waals surface area contributed by atoms with Crippen LogP contribution in [-0.2, 0) is 13.0 Å². The minimum atomic E-state index is -0.516. The standard InChI is InChI=1S/C16H14N4O3/c21-15(12-8-18-7-9-6-17-4-3-11(9)12)19-10-1-2-13-14(5-10)23-16(22)20-13/h1-2,5,7-8,17H,3-4,6H2,(H,19,21)(H,20,22). The summed E-state index contributed by atoms with van der Waals surface area (Å²) >= 11 is 0. The van der Waals surface area contributed by atoms with Crippen LogP contribution >= 0.6 is 0 Å². The van der Waals surface area contributed by atoms with Gasteiger partial charge in [0.2, 0.25) is 0 Å². The van der Waals surface area contributed by atoms with Gasteiger partial charge in [-0.05, 0) is 36.2 Å². The minimum Gasteiger partial charge on any atom is -0.408 e. The van der Waals surface area contributed by atoms with Crippen molar-refractivity contribution in [2.75, 3.05) is 11.9 Å². The maximum atomic E-state index is 12.6. The van der Waals surface area contributed by atoms with Crippen molar-refractivity contribution in [3.63, 3.8) is 0 Å². The molecule has 1 aliphatic rings. The van der Waals surface area contributed by atoms with E-state index >= 15 is 0 Å². The number of aromatic nitrogens is 2. The van der Waals surface area contributed by atoms with E-state index in [2.05, 4.69) is 20.6 Å². The minimum absolute atomic E-state index is 0.214. The third-order valence-electron chi connectivity index (χ3n) is 3.94. The Morgan fingerprint density at radius 2 is 2.22 bits per heavy atom. The van der Waals surface area contributed by atoms with Crippen LogP contribution in [0.15, 0.2) is 39.8 Å². The second kappa shape index (κ2) is 5.36. The Labute approximate surface area is 130 Å². The Kier molecular flexibility index (Phi) is 3.20. The Hall–Kier alpha value is -2.93. The summed E-state index contributed by atoms with van der Waals surface area (Å²) in [5.74, 6) is -0.731. The average molecular weight is 310 g/mol. The van der Waals surface area contributed by atoms with Crippen LogP contribution in [0.25, 0.3) is 11.1 Å². The Bertz CT molecular complexity index is 957. The summed E-state index contributed by atoms with van der Waals surface area (Å²) in [6.45, 7) is 1.57. The van der Waals surface area contributed by atoms with Gasteiger partial charge in [0.15, 0.2) is 5.58 Å². The number of fused-ring (bicyclic) bond motifs is 2. The molecule has 0 atom stereocenters. The molecule has 4 rings (SSSR count). The smallest absolute Gasteiger partial charge is 0.408 e. The molecule has 3 heterocycles. The van der Waals surface area contributed by atoms with Gasteiger partial charge in [-0.2, -0.15) is 0 Å². The van der Waals surface area contributed by atoms with E-state index in [0.29, 0.717) is 22.4 Å². The molecule has 1 amide bonds. The fourth-order valence-electron chi connectivity index (χ4n) is 2.83. The number of carbonyl (C=O) groups is 1. The first-order valence-corrected chi connectivity index (χ1v) is 7.31. The number of hydrogen-bond donors (Lipinski definition) is 3. The van der Waals surface area contributed by atoms with E-state index in [9.17, 15) is 9.59 Å². The van der Waals surface area contributed by atoms with Crippen molar-refractivity contribution in [3.05, 3.63) is 57.8 Å². The SMILES string of the molecule is O=C(Nc1ccc2[nH]c(=O)oc2c1)c1cncc2c1CCNC2. The summed E-state index contributed by atoms with van der Waals surface area (Å²) in [6.07, 6.45) is 4.18. The molecule has 2 aromatic heterocycles. The number of nitrogens with zero attached hydrogens (tertiary/aromatic N) is 1. The Balaban J connectivity index is 1.65. The molecule has 0 saturated heterocycles. The number of anilines is 1. The highest BCUT2D eigenvalue weighted by Gasteiger charge is 2.18. The molecule has 0 spiro atoms. The van der Waals surface area contributed by atoms with E-state index in [1.165, 1.54) is 0 Å². The van der Waals surface area contributed by atoms with Crippen LogP contribution in [0.2, 0.25) is 0 Å². The molecular formula is C16H14N4O3. The van der Waals surface area contributed by atoms with Crippen LogP contribution < -0.4 is 16.4 Å². The van der Waals surface area contributed by atoms with Crippen molar-refractivity contribution in [3.8, 4) is 0 Å². The van der Waals surface area contributed by atoms with Gasteiger partial charge in [0.1, 0.15) is 0 Å². The highest BCUT2D eigenvalue weighted by Crippen LogP contribution is 2.20. The van der Waals surface area contributed by atoms with Gasteiger partial charge in [-0.25, -0.2) is 4.79 Å². The summed E-state index contributed by atoms with van der Waals surface area (Å²) in [4.78, 5) is 30.4. The van der Waals surface area contributed by atoms with E-state index in [1.807, 2.05) is 0 Å². The van der Waals surface area contributed by atoms with Crippen molar-refractivity contribution in [2.45, 2.75) is 13.0 Å². The lowest BCUT2D eigenvalue weighted by Gasteiger charge is -2.19. The molecule has 1 aliphatic heterocycles. The summed E-state index contributed by atoms with van der Waals surface area (Å²) < 4.78 is 5.00. The van der Waals surface area contributed by atoms with E-state index in [1.54, 1.807) is 30.6 Å². The van der Waals surface area contributed by atoms with Crippen LogP contribution in [0.1, 0.15) is 21.5 Å². The molecule has 3 aromatic rings. The molecular weight excluding hydrogens is 296 g/mol. The Morgan fingerprint density at radius 1 is 1.30 bits per heavy atom. The largest absolute Gasteiger partial charge is 0.417 e. The van der Waals surface area contributed by atoms with Gasteiger partial charge < -0.3 is 15.1 Å². The first-order chi connectivity index (χ1) is 11.2. The van der Waals surface area contributed by atoms with Gasteiger partial charge in [0.25, 0.3) is 5.91 Å². The molecule has 0 bridgehead atoms. The predicted molar refractivity (Wildman–Crippen MR) is 84.4 cm³/mol. The van der Waals surface area contributed by atoms with Crippen molar-refractivity contribution < 1.29 is 9.21 Å². The molecule has 3 N–H and O–H groups in total. The van der Waals surface area contributed by atoms with Crippen molar-refractivity contribution in [1.29, 1.82) is 0 Å². The van der Waals surface area contributed by atoms with E-state index in [0.717, 1.165) is 30.6 Å². The van der Waals surface area contributed by atoms with Gasteiger partial charge in [0, 0.05) is 30.7 Å². The summed E-state index contributed by atoms with van der Waals surface area (Å²) in [6, 6.07) is 5.03. The maximum absolute atomic E-state index is 12.6. The van der Waals surface area contributed by atoms with Crippen LogP contribution in [0.4, 0.5) is 5.69 Å². The van der Waals surface area contributed by atoms with Gasteiger partial charge in [-0.3, -0.25) is 14.8 Å². The molecule has 116 valence electrons. The number of amides is 1. The molecule has 0 aliphatic carbocycles. The predicted octanol–water partition coefficient (Wildman–Crippen LogP) is 1.41. The molecule has 7 heteroatoms. The van der Waals surface area contributed by atoms with Crippen molar-refractivity contribution >= 4 is 22.7 Å². The topological polar surface area (TPSA) is 100 Å². The number of nitrogens with one attached hydrogen (secondary N) is 3. The third-order valence-corrected chi connectivity index (χ3v) is 3.94. The molecule has 23 heavy (non-hydrogen) atoms. The molecule has 1 aromatic carbocycles. The van der Waals surface area contributed by atoms with Crippen LogP contribution in [-0.4, -0.2) is 22.4 Å². The van der Waals surface area contributed by atoms with Gasteiger partial charge in [0.05, 0.1) is 11.1 Å². The van der Waals surface area contributed by atoms with Crippen LogP contribution in [0.3, 0.4) is 0 Å². The molecule has 0 saturated carbocycles. The second-order valence-corrected chi connectivity index (χ2v) is 5.43. The van der Waals surface area contributed by atoms with Gasteiger partial charge in [-0.15, -0.1) is 0 Å². The molecule has 0 radical (unpaired) electrons. The summed E-state index contributed by atoms with van der Waals surface area (Å²) in [7, 11) is 0. The molecule has 0 fully saturated rings. The fourth-order valence-corrected chi connectivity index (χ4v) is 2.83. The highest BCUT2D eigenvalue weighted by molar-refractivity contribution is 6.05. The van der Waals surface area contributed by atoms with E-state index in [-0.39, 0.29) is 5.91 Å². The number of benzene rings is 1. The number of hydrogen-bond acceptors (Lipinski definition) is 5. The van der Waals surface area contributed by atoms with Gasteiger partial charge in [-0.1, -0.05) is 0 Å². The second-order valence-electron chi connectivity index (χ2n) is 5.43. The number of pyridine rings is 1. The van der Waals surface area contributed by atoms with Gasteiger partial charge >= 0.3 is 5.76 Å². The first kappa shape index (κ1) is 13.7. The summed E-state index contributed by atoms with van der Waals surface area (Å²) in [5, 5.41) is 6.10. The average Bonchev–Trinajstić information content (AvgIpc) is 2.93. The molecule has 7 nitrogen and oxygen atoms in total. The zero-order valence-corrected chi connectivity index (χ0v) is 12.2. The highest BCUT2D eigenvalue weighted by atomic mass is 16.4. The number of oxazole rings is 1. The lowest BCUT2D eigenvalue weighted by Crippen LogP contribution is -2.27. The normalized spacial score (nSPS) is 13.7. The van der Waals surface area contributed by atoms with E-state index < -0.39 is 5.76 Å². The van der Waals surface area contributed by atoms with E-state index in [4.69, 9.17) is 4.42 Å². The monoisotopic (exact) mass is 310 g/mol. The first-order valence-electron chi connectivity index (χ1n) is 7.31. The summed E-state index contributed by atoms with van der Waals surface area (Å²) in [5.41, 5.74) is 4.24. The zero-order chi connectivity index (χ0) is 15.8. The van der Waals surface area contributed by atoms with Crippen LogP contribution in [0, 0.1) is 0 Å².